The number of nitrogens with two attached hydrogens (primary N) is 1. The predicted octanol–water partition coefficient (Wildman–Crippen LogP) is 2.65. The molecule has 1 saturated heterocycles. The van der Waals surface area contributed by atoms with E-state index in [9.17, 15) is 0 Å². The molecule has 2 N–H and O–H groups in total. The van der Waals surface area contributed by atoms with E-state index in [1.807, 2.05) is 17.1 Å². The second kappa shape index (κ2) is 6.02. The Labute approximate surface area is 120 Å². The van der Waals surface area contributed by atoms with Gasteiger partial charge in [0.25, 0.3) is 5.89 Å². The number of hydrogen-bond donors (Lipinski definition) is 1. The average molecular weight is 296 g/mol. The van der Waals surface area contributed by atoms with E-state index in [1.165, 1.54) is 18.6 Å². The summed E-state index contributed by atoms with van der Waals surface area (Å²) in [5, 5.41) is 7.46. The molecule has 2 aromatic rings. The Morgan fingerprint density at radius 2 is 2.32 bits per heavy atom. The van der Waals surface area contributed by atoms with E-state index in [1.54, 1.807) is 11.3 Å². The van der Waals surface area contributed by atoms with Crippen LogP contribution in [0.2, 0.25) is 0 Å². The van der Waals surface area contributed by atoms with Crippen molar-refractivity contribution in [3.8, 4) is 11.6 Å². The van der Waals surface area contributed by atoms with E-state index in [4.69, 9.17) is 10.3 Å². The first kappa shape index (κ1) is 13.1. The Balaban J connectivity index is 1.75. The highest BCUT2D eigenvalue weighted by molar-refractivity contribution is 7.99. The Morgan fingerprint density at radius 1 is 1.37 bits per heavy atom. The van der Waals surface area contributed by atoms with E-state index in [-0.39, 0.29) is 0 Å². The largest absolute Gasteiger partial charge is 0.332 e. The van der Waals surface area contributed by atoms with Crippen LogP contribution < -0.4 is 5.73 Å². The minimum atomic E-state index is 0.383. The molecule has 0 bridgehead atoms. The maximum Gasteiger partial charge on any atom is 0.277 e. The van der Waals surface area contributed by atoms with Crippen molar-refractivity contribution >= 4 is 23.1 Å². The van der Waals surface area contributed by atoms with E-state index in [0.29, 0.717) is 17.7 Å². The molecule has 0 radical (unpaired) electrons. The molecule has 0 aromatic carbocycles. The molecule has 3 heterocycles. The minimum absolute atomic E-state index is 0.383. The lowest BCUT2D eigenvalue weighted by atomic mass is 10.2. The van der Waals surface area contributed by atoms with Gasteiger partial charge in [-0.2, -0.15) is 16.7 Å². The summed E-state index contributed by atoms with van der Waals surface area (Å²) in [5.41, 5.74) is 6.29. The molecule has 0 amide bonds. The van der Waals surface area contributed by atoms with E-state index < -0.39 is 0 Å². The zero-order valence-corrected chi connectivity index (χ0v) is 12.2. The van der Waals surface area contributed by atoms with Crippen molar-refractivity contribution in [1.82, 2.24) is 15.1 Å². The van der Waals surface area contributed by atoms with Gasteiger partial charge in [-0.3, -0.25) is 0 Å². The summed E-state index contributed by atoms with van der Waals surface area (Å²) in [5.74, 6) is 2.53. The van der Waals surface area contributed by atoms with Gasteiger partial charge in [-0.25, -0.2) is 4.98 Å². The van der Waals surface area contributed by atoms with Gasteiger partial charge in [0.05, 0.1) is 10.3 Å². The fraction of sp³-hybridized carbons (Fsp3) is 0.583. The van der Waals surface area contributed by atoms with Crippen molar-refractivity contribution in [3.63, 3.8) is 0 Å². The van der Waals surface area contributed by atoms with Crippen molar-refractivity contribution < 1.29 is 4.52 Å². The van der Waals surface area contributed by atoms with Gasteiger partial charge >= 0.3 is 0 Å². The fourth-order valence-corrected chi connectivity index (χ4v) is 4.08. The molecule has 102 valence electrons. The maximum atomic E-state index is 5.52. The summed E-state index contributed by atoms with van der Waals surface area (Å²) in [6.07, 6.45) is 4.47. The first-order valence-electron chi connectivity index (χ1n) is 6.47. The van der Waals surface area contributed by atoms with E-state index in [2.05, 4.69) is 15.1 Å². The van der Waals surface area contributed by atoms with E-state index >= 15 is 0 Å². The van der Waals surface area contributed by atoms with Crippen LogP contribution in [0.3, 0.4) is 0 Å². The summed E-state index contributed by atoms with van der Waals surface area (Å²) in [4.78, 5) is 8.96. The molecule has 1 fully saturated rings. The lowest BCUT2D eigenvalue weighted by molar-refractivity contribution is 0.419. The first-order valence-corrected chi connectivity index (χ1v) is 8.39. The van der Waals surface area contributed by atoms with Crippen LogP contribution >= 0.6 is 23.1 Å². The monoisotopic (exact) mass is 296 g/mol. The molecule has 1 atom stereocenters. The van der Waals surface area contributed by atoms with Crippen LogP contribution in [-0.4, -0.2) is 27.4 Å². The van der Waals surface area contributed by atoms with Gasteiger partial charge in [-0.1, -0.05) is 11.6 Å². The molecule has 0 aliphatic carbocycles. The summed E-state index contributed by atoms with van der Waals surface area (Å²) in [7, 11) is 0. The van der Waals surface area contributed by atoms with Gasteiger partial charge < -0.3 is 10.3 Å². The second-order valence-corrected chi connectivity index (χ2v) is 6.73. The Morgan fingerprint density at radius 3 is 3.11 bits per heavy atom. The number of aromatic nitrogens is 3. The molecule has 0 saturated carbocycles. The van der Waals surface area contributed by atoms with Crippen molar-refractivity contribution in [1.29, 1.82) is 0 Å². The summed E-state index contributed by atoms with van der Waals surface area (Å²) in [6, 6.07) is 0. The number of rotatable bonds is 4. The minimum Gasteiger partial charge on any atom is -0.332 e. The standard InChI is InChI=1S/C12H16N4OS2/c13-5-4-10-14-8(7-19-10)12-15-11(16-17-12)9-3-1-2-6-18-9/h7,9H,1-6,13H2. The highest BCUT2D eigenvalue weighted by Gasteiger charge is 2.22. The van der Waals surface area contributed by atoms with Gasteiger partial charge in [0, 0.05) is 11.8 Å². The van der Waals surface area contributed by atoms with Crippen molar-refractivity contribution in [2.75, 3.05) is 12.3 Å². The first-order chi connectivity index (χ1) is 9.36. The zero-order chi connectivity index (χ0) is 13.1. The fourth-order valence-electron chi connectivity index (χ4n) is 2.06. The third-order valence-corrected chi connectivity index (χ3v) is 5.32. The van der Waals surface area contributed by atoms with Crippen LogP contribution in [0, 0.1) is 0 Å². The van der Waals surface area contributed by atoms with Crippen molar-refractivity contribution in [3.05, 3.63) is 16.2 Å². The van der Waals surface area contributed by atoms with Gasteiger partial charge in [-0.05, 0) is 25.1 Å². The predicted molar refractivity (Wildman–Crippen MR) is 77.2 cm³/mol. The third kappa shape index (κ3) is 2.98. The number of thioether (sulfide) groups is 1. The van der Waals surface area contributed by atoms with Crippen LogP contribution in [0.1, 0.15) is 35.3 Å². The van der Waals surface area contributed by atoms with Crippen LogP contribution in [0.15, 0.2) is 9.90 Å². The SMILES string of the molecule is NCCc1nc(-c2nc(C3CCCCS3)no2)cs1. The van der Waals surface area contributed by atoms with Crippen molar-refractivity contribution in [2.45, 2.75) is 30.9 Å². The highest BCUT2D eigenvalue weighted by atomic mass is 32.2. The number of thiazole rings is 1. The quantitative estimate of drug-likeness (QED) is 0.934. The molecule has 1 aliphatic rings. The normalized spacial score (nSPS) is 19.7. The van der Waals surface area contributed by atoms with E-state index in [0.717, 1.165) is 29.4 Å². The summed E-state index contributed by atoms with van der Waals surface area (Å²) >= 11 is 3.51. The Hall–Kier alpha value is -0.920. The molecule has 7 heteroatoms. The average Bonchev–Trinajstić information content (AvgIpc) is 3.08. The molecule has 19 heavy (non-hydrogen) atoms. The lowest BCUT2D eigenvalue weighted by Gasteiger charge is -2.17. The summed E-state index contributed by atoms with van der Waals surface area (Å²) < 4.78 is 5.33. The van der Waals surface area contributed by atoms with Gasteiger partial charge in [0.15, 0.2) is 5.82 Å². The van der Waals surface area contributed by atoms with Gasteiger partial charge in [0.2, 0.25) is 0 Å². The Bertz CT molecular complexity index is 533. The number of hydrogen-bond acceptors (Lipinski definition) is 7. The highest BCUT2D eigenvalue weighted by Crippen LogP contribution is 2.37. The van der Waals surface area contributed by atoms with Crippen LogP contribution in [0.4, 0.5) is 0 Å². The molecule has 5 nitrogen and oxygen atoms in total. The molecule has 1 unspecified atom stereocenters. The molecule has 0 spiro atoms. The topological polar surface area (TPSA) is 77.8 Å². The van der Waals surface area contributed by atoms with Crippen LogP contribution in [-0.2, 0) is 6.42 Å². The molecular weight excluding hydrogens is 280 g/mol. The van der Waals surface area contributed by atoms with Crippen LogP contribution in [0.5, 0.6) is 0 Å². The number of nitrogens with zero attached hydrogens (tertiary/aromatic N) is 3. The molecule has 2 aromatic heterocycles. The zero-order valence-electron chi connectivity index (χ0n) is 10.5. The van der Waals surface area contributed by atoms with Crippen molar-refractivity contribution in [2.24, 2.45) is 5.73 Å². The van der Waals surface area contributed by atoms with Crippen LogP contribution in [0.25, 0.3) is 11.6 Å². The van der Waals surface area contributed by atoms with Gasteiger partial charge in [0.1, 0.15) is 5.69 Å². The smallest absolute Gasteiger partial charge is 0.277 e. The molecule has 1 aliphatic heterocycles. The lowest BCUT2D eigenvalue weighted by Crippen LogP contribution is -2.03. The second-order valence-electron chi connectivity index (χ2n) is 4.48. The van der Waals surface area contributed by atoms with Gasteiger partial charge in [-0.15, -0.1) is 11.3 Å². The Kier molecular flexibility index (Phi) is 4.15. The third-order valence-electron chi connectivity index (χ3n) is 3.04. The maximum absolute atomic E-state index is 5.52. The molecule has 3 rings (SSSR count). The summed E-state index contributed by atoms with van der Waals surface area (Å²) in [6.45, 7) is 0.612. The molecular formula is C12H16N4OS2.